The number of nitrogen functional groups attached to an aromatic ring is 1. The normalized spacial score (nSPS) is 9.83. The number of carbonyl (C=O) groups is 1. The van der Waals surface area contributed by atoms with Gasteiger partial charge < -0.3 is 15.2 Å². The van der Waals surface area contributed by atoms with Crippen LogP contribution < -0.4 is 15.2 Å². The predicted molar refractivity (Wildman–Crippen MR) is 64.9 cm³/mol. The van der Waals surface area contributed by atoms with Gasteiger partial charge in [-0.2, -0.15) is 0 Å². The topological polar surface area (TPSA) is 87.3 Å². The number of ether oxygens (including phenoxy) is 2. The van der Waals surface area contributed by atoms with E-state index in [1.54, 1.807) is 31.4 Å². The Morgan fingerprint density at radius 2 is 1.83 bits per heavy atom. The second-order valence-corrected chi connectivity index (χ2v) is 3.37. The fraction of sp³-hybridized carbons (Fsp3) is 0.0833. The molecule has 6 nitrogen and oxygen atoms in total. The summed E-state index contributed by atoms with van der Waals surface area (Å²) >= 11 is 0. The van der Waals surface area contributed by atoms with Crippen LogP contribution >= 0.6 is 0 Å². The minimum Gasteiger partial charge on any atom is -0.497 e. The first-order chi connectivity index (χ1) is 8.74. The highest BCUT2D eigenvalue weighted by Crippen LogP contribution is 2.25. The summed E-state index contributed by atoms with van der Waals surface area (Å²) in [6.07, 6.45) is 1.80. The van der Waals surface area contributed by atoms with Crippen molar-refractivity contribution in [2.45, 2.75) is 0 Å². The van der Waals surface area contributed by atoms with Gasteiger partial charge in [-0.05, 0) is 24.3 Å². The molecule has 0 aliphatic carbocycles. The van der Waals surface area contributed by atoms with Gasteiger partial charge in [0.1, 0.15) is 29.2 Å². The second-order valence-electron chi connectivity index (χ2n) is 3.37. The molecule has 0 spiro atoms. The van der Waals surface area contributed by atoms with E-state index < -0.39 is 0 Å². The van der Waals surface area contributed by atoms with Crippen molar-refractivity contribution < 1.29 is 14.3 Å². The molecule has 1 heterocycles. The molecule has 1 aromatic carbocycles. The molecule has 2 rings (SSSR count). The quantitative estimate of drug-likeness (QED) is 0.824. The first kappa shape index (κ1) is 11.8. The van der Waals surface area contributed by atoms with E-state index in [1.807, 2.05) is 0 Å². The molecule has 18 heavy (non-hydrogen) atoms. The van der Waals surface area contributed by atoms with E-state index in [9.17, 15) is 4.79 Å². The Balaban J connectivity index is 2.28. The number of carbonyl (C=O) groups excluding carboxylic acids is 1. The first-order valence-electron chi connectivity index (χ1n) is 5.12. The maximum Gasteiger partial charge on any atom is 0.235 e. The van der Waals surface area contributed by atoms with Crippen LogP contribution in [0.5, 0.6) is 17.4 Å². The Labute approximate surface area is 103 Å². The van der Waals surface area contributed by atoms with Crippen LogP contribution in [0.2, 0.25) is 0 Å². The van der Waals surface area contributed by atoms with Crippen molar-refractivity contribution in [1.29, 1.82) is 0 Å². The number of hydrogen-bond acceptors (Lipinski definition) is 6. The van der Waals surface area contributed by atoms with Crippen molar-refractivity contribution in [1.82, 2.24) is 9.97 Å². The van der Waals surface area contributed by atoms with E-state index >= 15 is 0 Å². The van der Waals surface area contributed by atoms with Crippen LogP contribution in [0.3, 0.4) is 0 Å². The van der Waals surface area contributed by atoms with Gasteiger partial charge in [0, 0.05) is 0 Å². The number of anilines is 1. The monoisotopic (exact) mass is 245 g/mol. The highest BCUT2D eigenvalue weighted by atomic mass is 16.5. The summed E-state index contributed by atoms with van der Waals surface area (Å²) in [5.41, 5.74) is 5.68. The van der Waals surface area contributed by atoms with Crippen LogP contribution in [0.4, 0.5) is 5.82 Å². The van der Waals surface area contributed by atoms with Gasteiger partial charge in [-0.15, -0.1) is 0 Å². The van der Waals surface area contributed by atoms with Gasteiger partial charge in [-0.1, -0.05) is 0 Å². The lowest BCUT2D eigenvalue weighted by molar-refractivity contribution is 0.112. The molecule has 0 aliphatic heterocycles. The SMILES string of the molecule is COc1ccc(Oc2ncnc(N)c2C=O)cc1. The standard InChI is InChI=1S/C12H11N3O3/c1-17-8-2-4-9(5-3-8)18-12-10(6-16)11(13)14-7-15-12/h2-7H,1H3,(H2,13,14,15). The summed E-state index contributed by atoms with van der Waals surface area (Å²) < 4.78 is 10.5. The van der Waals surface area contributed by atoms with Gasteiger partial charge >= 0.3 is 0 Å². The van der Waals surface area contributed by atoms with Crippen LogP contribution in [-0.2, 0) is 0 Å². The largest absolute Gasteiger partial charge is 0.497 e. The molecule has 0 fully saturated rings. The molecular formula is C12H11N3O3. The summed E-state index contributed by atoms with van der Waals surface area (Å²) in [7, 11) is 1.57. The van der Waals surface area contributed by atoms with Gasteiger partial charge in [0.2, 0.25) is 5.88 Å². The molecule has 0 bridgehead atoms. The Kier molecular flexibility index (Phi) is 3.38. The fourth-order valence-corrected chi connectivity index (χ4v) is 1.34. The Hall–Kier alpha value is -2.63. The summed E-state index contributed by atoms with van der Waals surface area (Å²) in [4.78, 5) is 18.5. The molecule has 6 heteroatoms. The zero-order chi connectivity index (χ0) is 13.0. The molecule has 0 saturated carbocycles. The first-order valence-corrected chi connectivity index (χ1v) is 5.12. The maximum absolute atomic E-state index is 10.9. The summed E-state index contributed by atoms with van der Waals surface area (Å²) in [6, 6.07) is 6.87. The minimum absolute atomic E-state index is 0.0866. The van der Waals surface area contributed by atoms with Crippen molar-refractivity contribution in [2.75, 3.05) is 12.8 Å². The maximum atomic E-state index is 10.9. The average Bonchev–Trinajstić information content (AvgIpc) is 2.40. The molecule has 0 radical (unpaired) electrons. The van der Waals surface area contributed by atoms with Crippen molar-refractivity contribution in [3.05, 3.63) is 36.2 Å². The van der Waals surface area contributed by atoms with Crippen molar-refractivity contribution in [2.24, 2.45) is 0 Å². The van der Waals surface area contributed by atoms with E-state index in [4.69, 9.17) is 15.2 Å². The number of hydrogen-bond donors (Lipinski definition) is 1. The van der Waals surface area contributed by atoms with Gasteiger partial charge in [0.25, 0.3) is 0 Å². The Bertz CT molecular complexity index is 555. The molecule has 0 unspecified atom stereocenters. The third-order valence-corrected chi connectivity index (χ3v) is 2.27. The van der Waals surface area contributed by atoms with Crippen LogP contribution in [0.25, 0.3) is 0 Å². The van der Waals surface area contributed by atoms with Crippen LogP contribution in [0.15, 0.2) is 30.6 Å². The third kappa shape index (κ3) is 2.37. The zero-order valence-electron chi connectivity index (χ0n) is 9.66. The van der Waals surface area contributed by atoms with Crippen LogP contribution in [0.1, 0.15) is 10.4 Å². The van der Waals surface area contributed by atoms with Gasteiger partial charge in [0.15, 0.2) is 6.29 Å². The number of aldehydes is 1. The molecule has 2 N–H and O–H groups in total. The molecule has 2 aromatic rings. The zero-order valence-corrected chi connectivity index (χ0v) is 9.66. The van der Waals surface area contributed by atoms with Crippen molar-refractivity contribution >= 4 is 12.1 Å². The number of methoxy groups -OCH3 is 1. The smallest absolute Gasteiger partial charge is 0.235 e. The predicted octanol–water partition coefficient (Wildman–Crippen LogP) is 1.67. The lowest BCUT2D eigenvalue weighted by Gasteiger charge is -2.08. The molecule has 92 valence electrons. The summed E-state index contributed by atoms with van der Waals surface area (Å²) in [6.45, 7) is 0. The van der Waals surface area contributed by atoms with E-state index in [0.29, 0.717) is 17.8 Å². The summed E-state index contributed by atoms with van der Waals surface area (Å²) in [5, 5.41) is 0. The number of nitrogens with two attached hydrogens (primary N) is 1. The molecule has 1 aromatic heterocycles. The van der Waals surface area contributed by atoms with Crippen LogP contribution in [-0.4, -0.2) is 23.4 Å². The number of benzene rings is 1. The average molecular weight is 245 g/mol. The Morgan fingerprint density at radius 1 is 1.17 bits per heavy atom. The third-order valence-electron chi connectivity index (χ3n) is 2.27. The molecule has 0 atom stereocenters. The van der Waals surface area contributed by atoms with Gasteiger partial charge in [-0.25, -0.2) is 9.97 Å². The lowest BCUT2D eigenvalue weighted by Crippen LogP contribution is -2.01. The molecule has 0 saturated heterocycles. The van der Waals surface area contributed by atoms with E-state index in [-0.39, 0.29) is 17.3 Å². The second kappa shape index (κ2) is 5.13. The lowest BCUT2D eigenvalue weighted by atomic mass is 10.3. The molecular weight excluding hydrogens is 234 g/mol. The number of nitrogens with zero attached hydrogens (tertiary/aromatic N) is 2. The highest BCUT2D eigenvalue weighted by molar-refractivity contribution is 5.84. The van der Waals surface area contributed by atoms with Crippen molar-refractivity contribution in [3.63, 3.8) is 0 Å². The highest BCUT2D eigenvalue weighted by Gasteiger charge is 2.10. The fourth-order valence-electron chi connectivity index (χ4n) is 1.34. The van der Waals surface area contributed by atoms with E-state index in [2.05, 4.69) is 9.97 Å². The van der Waals surface area contributed by atoms with Gasteiger partial charge in [0.05, 0.1) is 7.11 Å². The van der Waals surface area contributed by atoms with Crippen molar-refractivity contribution in [3.8, 4) is 17.4 Å². The number of rotatable bonds is 4. The van der Waals surface area contributed by atoms with E-state index in [0.717, 1.165) is 0 Å². The van der Waals surface area contributed by atoms with Gasteiger partial charge in [-0.3, -0.25) is 4.79 Å². The number of aromatic nitrogens is 2. The Morgan fingerprint density at radius 3 is 2.44 bits per heavy atom. The van der Waals surface area contributed by atoms with E-state index in [1.165, 1.54) is 6.33 Å². The summed E-state index contributed by atoms with van der Waals surface area (Å²) in [5.74, 6) is 1.45. The minimum atomic E-state index is 0.0866. The molecule has 0 amide bonds. The van der Waals surface area contributed by atoms with Crippen LogP contribution in [0, 0.1) is 0 Å². The molecule has 0 aliphatic rings.